The monoisotopic (exact) mass is 321 g/mol. The highest BCUT2D eigenvalue weighted by Crippen LogP contribution is 2.18. The highest BCUT2D eigenvalue weighted by Gasteiger charge is 2.06. The van der Waals surface area contributed by atoms with Crippen LogP contribution in [0.3, 0.4) is 0 Å². The average Bonchev–Trinajstić information content (AvgIpc) is 2.81. The molecule has 0 spiro atoms. The van der Waals surface area contributed by atoms with Crippen LogP contribution in [0.15, 0.2) is 23.7 Å². The molecular weight excluding hydrogens is 305 g/mol. The van der Waals surface area contributed by atoms with Crippen molar-refractivity contribution >= 4 is 52.3 Å². The van der Waals surface area contributed by atoms with Crippen LogP contribution in [0.2, 0.25) is 0 Å². The van der Waals surface area contributed by atoms with Gasteiger partial charge in [-0.2, -0.15) is 0 Å². The van der Waals surface area contributed by atoms with Crippen LogP contribution < -0.4 is 11.1 Å². The topological polar surface area (TPSA) is 68.0 Å². The Labute approximate surface area is 128 Å². The number of benzene rings is 1. The van der Waals surface area contributed by atoms with Crippen molar-refractivity contribution in [1.29, 1.82) is 0 Å². The molecule has 7 heteroatoms. The van der Waals surface area contributed by atoms with Crippen molar-refractivity contribution in [3.8, 4) is 0 Å². The Hall–Kier alpha value is -0.880. The van der Waals surface area contributed by atoms with Crippen LogP contribution in [0, 0.1) is 0 Å². The zero-order chi connectivity index (χ0) is 12.1. The molecule has 0 fully saturated rings. The number of amides is 1. The van der Waals surface area contributed by atoms with Gasteiger partial charge >= 0.3 is 0 Å². The van der Waals surface area contributed by atoms with E-state index >= 15 is 0 Å². The van der Waals surface area contributed by atoms with Crippen LogP contribution in [0.5, 0.6) is 0 Å². The molecule has 0 aliphatic carbocycles. The molecule has 0 saturated carbocycles. The van der Waals surface area contributed by atoms with E-state index in [1.54, 1.807) is 22.9 Å². The summed E-state index contributed by atoms with van der Waals surface area (Å²) in [4.78, 5) is 16.0. The third kappa shape index (κ3) is 4.95. The zero-order valence-corrected chi connectivity index (χ0v) is 12.7. The summed E-state index contributed by atoms with van der Waals surface area (Å²) < 4.78 is 1.04. The summed E-state index contributed by atoms with van der Waals surface area (Å²) in [6.07, 6.45) is 1.86. The number of fused-ring (bicyclic) bond motifs is 1. The normalized spacial score (nSPS) is 9.53. The number of thiazole rings is 1. The van der Waals surface area contributed by atoms with Crippen molar-refractivity contribution in [1.82, 2.24) is 10.3 Å². The Kier molecular flexibility index (Phi) is 8.67. The lowest BCUT2D eigenvalue weighted by atomic mass is 10.2. The largest absolute Gasteiger partial charge is 0.352 e. The van der Waals surface area contributed by atoms with Gasteiger partial charge in [0.15, 0.2) is 0 Å². The first-order chi connectivity index (χ1) is 8.31. The van der Waals surface area contributed by atoms with Crippen molar-refractivity contribution in [2.75, 3.05) is 13.1 Å². The van der Waals surface area contributed by atoms with Gasteiger partial charge in [0.1, 0.15) is 0 Å². The summed E-state index contributed by atoms with van der Waals surface area (Å²) in [5.41, 5.74) is 8.80. The molecule has 0 aliphatic heterocycles. The summed E-state index contributed by atoms with van der Waals surface area (Å²) >= 11 is 1.54. The molecule has 2 aromatic rings. The standard InChI is InChI=1S/C12H15N3OS.2ClH/c13-5-1-2-6-14-12(16)9-3-4-10-11(7-9)17-8-15-10;;/h3-4,7-8H,1-2,5-6,13H2,(H,14,16);2*1H. The van der Waals surface area contributed by atoms with Crippen LogP contribution in [0.1, 0.15) is 23.2 Å². The summed E-state index contributed by atoms with van der Waals surface area (Å²) in [6, 6.07) is 5.56. The van der Waals surface area contributed by atoms with Crippen LogP contribution in [-0.2, 0) is 0 Å². The van der Waals surface area contributed by atoms with Gasteiger partial charge in [0.2, 0.25) is 0 Å². The second-order valence-corrected chi connectivity index (χ2v) is 4.67. The molecule has 4 nitrogen and oxygen atoms in total. The number of halogens is 2. The predicted molar refractivity (Wildman–Crippen MR) is 84.7 cm³/mol. The van der Waals surface area contributed by atoms with E-state index in [0.717, 1.165) is 23.1 Å². The van der Waals surface area contributed by atoms with Gasteiger partial charge in [-0.3, -0.25) is 4.79 Å². The van der Waals surface area contributed by atoms with Gasteiger partial charge in [-0.05, 0) is 37.6 Å². The number of rotatable bonds is 5. The lowest BCUT2D eigenvalue weighted by Crippen LogP contribution is -2.24. The van der Waals surface area contributed by atoms with Gasteiger partial charge in [0.05, 0.1) is 15.7 Å². The molecule has 1 amide bonds. The first-order valence-corrected chi connectivity index (χ1v) is 6.51. The van der Waals surface area contributed by atoms with Gasteiger partial charge in [-0.1, -0.05) is 0 Å². The fraction of sp³-hybridized carbons (Fsp3) is 0.333. The third-order valence-electron chi connectivity index (χ3n) is 2.51. The maximum atomic E-state index is 11.8. The third-order valence-corrected chi connectivity index (χ3v) is 3.30. The quantitative estimate of drug-likeness (QED) is 0.832. The van der Waals surface area contributed by atoms with E-state index in [-0.39, 0.29) is 30.7 Å². The highest BCUT2D eigenvalue weighted by molar-refractivity contribution is 7.16. The lowest BCUT2D eigenvalue weighted by Gasteiger charge is -2.04. The minimum Gasteiger partial charge on any atom is -0.352 e. The molecule has 106 valence electrons. The van der Waals surface area contributed by atoms with Crippen LogP contribution in [0.25, 0.3) is 10.2 Å². The first-order valence-electron chi connectivity index (χ1n) is 5.63. The average molecular weight is 322 g/mol. The number of unbranched alkanes of at least 4 members (excludes halogenated alkanes) is 1. The molecule has 1 aromatic heterocycles. The first kappa shape index (κ1) is 18.1. The van der Waals surface area contributed by atoms with Gasteiger partial charge in [0, 0.05) is 12.1 Å². The van der Waals surface area contributed by atoms with Gasteiger partial charge in [-0.15, -0.1) is 36.2 Å². The smallest absolute Gasteiger partial charge is 0.251 e. The van der Waals surface area contributed by atoms with E-state index in [0.29, 0.717) is 18.7 Å². The minimum absolute atomic E-state index is 0. The number of hydrogen-bond acceptors (Lipinski definition) is 4. The second kappa shape index (κ2) is 9.09. The molecule has 0 unspecified atom stereocenters. The minimum atomic E-state index is -0.0303. The van der Waals surface area contributed by atoms with E-state index in [2.05, 4.69) is 10.3 Å². The number of nitrogens with two attached hydrogens (primary N) is 1. The van der Waals surface area contributed by atoms with Crippen molar-refractivity contribution in [3.63, 3.8) is 0 Å². The van der Waals surface area contributed by atoms with Gasteiger partial charge in [-0.25, -0.2) is 4.98 Å². The number of aromatic nitrogens is 1. The van der Waals surface area contributed by atoms with Crippen molar-refractivity contribution in [2.24, 2.45) is 5.73 Å². The summed E-state index contributed by atoms with van der Waals surface area (Å²) in [5, 5.41) is 2.88. The van der Waals surface area contributed by atoms with Gasteiger partial charge < -0.3 is 11.1 Å². The number of nitrogens with one attached hydrogen (secondary N) is 1. The Morgan fingerprint density at radius 3 is 2.84 bits per heavy atom. The molecule has 2 rings (SSSR count). The summed E-state index contributed by atoms with van der Waals surface area (Å²) in [5.74, 6) is -0.0303. The molecule has 0 aliphatic rings. The Balaban J connectivity index is 0.00000162. The predicted octanol–water partition coefficient (Wildman–Crippen LogP) is 2.61. The van der Waals surface area contributed by atoms with E-state index in [9.17, 15) is 4.79 Å². The molecule has 0 atom stereocenters. The maximum absolute atomic E-state index is 11.8. The molecule has 1 aromatic carbocycles. The van der Waals surface area contributed by atoms with E-state index in [1.807, 2.05) is 12.1 Å². The maximum Gasteiger partial charge on any atom is 0.251 e. The SMILES string of the molecule is Cl.Cl.NCCCCNC(=O)c1ccc2ncsc2c1. The number of nitrogens with zero attached hydrogens (tertiary/aromatic N) is 1. The molecular formula is C12H17Cl2N3OS. The van der Waals surface area contributed by atoms with Crippen molar-refractivity contribution in [2.45, 2.75) is 12.8 Å². The van der Waals surface area contributed by atoms with E-state index in [1.165, 1.54) is 0 Å². The Bertz CT molecular complexity index is 518. The number of hydrogen-bond donors (Lipinski definition) is 2. The fourth-order valence-corrected chi connectivity index (χ4v) is 2.29. The summed E-state index contributed by atoms with van der Waals surface area (Å²) in [6.45, 7) is 1.35. The molecule has 0 radical (unpaired) electrons. The molecule has 0 bridgehead atoms. The Morgan fingerprint density at radius 2 is 2.11 bits per heavy atom. The van der Waals surface area contributed by atoms with E-state index in [4.69, 9.17) is 5.73 Å². The molecule has 0 saturated heterocycles. The summed E-state index contributed by atoms with van der Waals surface area (Å²) in [7, 11) is 0. The Morgan fingerprint density at radius 1 is 1.32 bits per heavy atom. The second-order valence-electron chi connectivity index (χ2n) is 3.79. The molecule has 19 heavy (non-hydrogen) atoms. The molecule has 3 N–H and O–H groups in total. The number of carbonyl (C=O) groups is 1. The molecule has 1 heterocycles. The van der Waals surface area contributed by atoms with Gasteiger partial charge in [0.25, 0.3) is 5.91 Å². The van der Waals surface area contributed by atoms with E-state index < -0.39 is 0 Å². The van der Waals surface area contributed by atoms with Crippen LogP contribution in [0.4, 0.5) is 0 Å². The number of carbonyl (C=O) groups excluding carboxylic acids is 1. The highest BCUT2D eigenvalue weighted by atomic mass is 35.5. The van der Waals surface area contributed by atoms with Crippen molar-refractivity contribution in [3.05, 3.63) is 29.3 Å². The lowest BCUT2D eigenvalue weighted by molar-refractivity contribution is 0.0953. The van der Waals surface area contributed by atoms with Crippen LogP contribution in [-0.4, -0.2) is 24.0 Å². The zero-order valence-electron chi connectivity index (χ0n) is 10.3. The van der Waals surface area contributed by atoms with Crippen molar-refractivity contribution < 1.29 is 4.79 Å². The fourth-order valence-electron chi connectivity index (χ4n) is 1.57. The van der Waals surface area contributed by atoms with Crippen LogP contribution >= 0.6 is 36.2 Å².